The summed E-state index contributed by atoms with van der Waals surface area (Å²) in [6, 6.07) is 4.74. The van der Waals surface area contributed by atoms with Gasteiger partial charge in [0, 0.05) is 9.89 Å². The van der Waals surface area contributed by atoms with Crippen LogP contribution in [0.25, 0.3) is 0 Å². The van der Waals surface area contributed by atoms with Crippen LogP contribution in [0, 0.1) is 11.2 Å². The van der Waals surface area contributed by atoms with Gasteiger partial charge in [0.15, 0.2) is 6.29 Å². The highest BCUT2D eigenvalue weighted by molar-refractivity contribution is 9.10. The first-order valence-electron chi connectivity index (χ1n) is 5.66. The van der Waals surface area contributed by atoms with Gasteiger partial charge in [0.05, 0.1) is 13.2 Å². The quantitative estimate of drug-likeness (QED) is 0.850. The van der Waals surface area contributed by atoms with Crippen LogP contribution in [-0.2, 0) is 15.9 Å². The Hall–Kier alpha value is -0.450. The van der Waals surface area contributed by atoms with Crippen LogP contribution in [0.5, 0.6) is 0 Å². The van der Waals surface area contributed by atoms with Gasteiger partial charge in [-0.25, -0.2) is 4.39 Å². The predicted octanol–water partition coefficient (Wildman–Crippen LogP) is 3.53. The zero-order valence-electron chi connectivity index (χ0n) is 10.0. The Morgan fingerprint density at radius 2 is 2.00 bits per heavy atom. The first kappa shape index (κ1) is 13.0. The van der Waals surface area contributed by atoms with Gasteiger partial charge < -0.3 is 9.47 Å². The summed E-state index contributed by atoms with van der Waals surface area (Å²) in [7, 11) is 0. The minimum atomic E-state index is -0.216. The highest BCUT2D eigenvalue weighted by Gasteiger charge is 2.34. The summed E-state index contributed by atoms with van der Waals surface area (Å²) in [4.78, 5) is 0. The fourth-order valence-electron chi connectivity index (χ4n) is 2.06. The van der Waals surface area contributed by atoms with Crippen molar-refractivity contribution >= 4 is 15.9 Å². The Bertz CT molecular complexity index is 400. The van der Waals surface area contributed by atoms with Gasteiger partial charge in [0.25, 0.3) is 0 Å². The van der Waals surface area contributed by atoms with Gasteiger partial charge in [-0.05, 0) is 30.2 Å². The molecule has 0 saturated carbocycles. The smallest absolute Gasteiger partial charge is 0.163 e. The maximum atomic E-state index is 13.2. The standard InChI is InChI=1S/C13H16BrFO2/c1-13(2,12-16-5-6-17-12)8-9-7-10(15)3-4-11(9)14/h3-4,7,12H,5-6,8H2,1-2H3. The molecule has 2 rings (SSSR count). The van der Waals surface area contributed by atoms with Crippen molar-refractivity contribution in [3.63, 3.8) is 0 Å². The minimum absolute atomic E-state index is 0.174. The van der Waals surface area contributed by atoms with Crippen LogP contribution in [0.3, 0.4) is 0 Å². The van der Waals surface area contributed by atoms with Crippen molar-refractivity contribution in [3.8, 4) is 0 Å². The number of hydrogen-bond acceptors (Lipinski definition) is 2. The molecule has 0 bridgehead atoms. The van der Waals surface area contributed by atoms with E-state index in [9.17, 15) is 4.39 Å². The van der Waals surface area contributed by atoms with Crippen molar-refractivity contribution in [2.45, 2.75) is 26.6 Å². The molecule has 0 aliphatic carbocycles. The van der Waals surface area contributed by atoms with Gasteiger partial charge in [0.2, 0.25) is 0 Å². The predicted molar refractivity (Wildman–Crippen MR) is 67.3 cm³/mol. The summed E-state index contributed by atoms with van der Waals surface area (Å²) in [6.07, 6.45) is 0.494. The normalized spacial score (nSPS) is 17.6. The third kappa shape index (κ3) is 3.06. The summed E-state index contributed by atoms with van der Waals surface area (Å²) < 4.78 is 25.2. The molecule has 0 aromatic heterocycles. The number of halogens is 2. The second-order valence-electron chi connectivity index (χ2n) is 4.97. The lowest BCUT2D eigenvalue weighted by Gasteiger charge is -2.30. The summed E-state index contributed by atoms with van der Waals surface area (Å²) in [5.41, 5.74) is 0.765. The Kier molecular flexibility index (Phi) is 3.85. The van der Waals surface area contributed by atoms with Gasteiger partial charge in [0.1, 0.15) is 5.82 Å². The molecular weight excluding hydrogens is 287 g/mol. The van der Waals surface area contributed by atoms with Gasteiger partial charge >= 0.3 is 0 Å². The molecule has 4 heteroatoms. The highest BCUT2D eigenvalue weighted by atomic mass is 79.9. The molecule has 1 aromatic rings. The Balaban J connectivity index is 2.15. The van der Waals surface area contributed by atoms with Crippen molar-refractivity contribution in [1.29, 1.82) is 0 Å². The van der Waals surface area contributed by atoms with Crippen LogP contribution in [0.2, 0.25) is 0 Å². The van der Waals surface area contributed by atoms with Gasteiger partial charge in [-0.15, -0.1) is 0 Å². The lowest BCUT2D eigenvalue weighted by molar-refractivity contribution is -0.119. The monoisotopic (exact) mass is 302 g/mol. The van der Waals surface area contributed by atoms with E-state index in [1.807, 2.05) is 0 Å². The highest BCUT2D eigenvalue weighted by Crippen LogP contribution is 2.33. The van der Waals surface area contributed by atoms with Crippen LogP contribution >= 0.6 is 15.9 Å². The second-order valence-corrected chi connectivity index (χ2v) is 5.83. The van der Waals surface area contributed by atoms with E-state index < -0.39 is 0 Å². The van der Waals surface area contributed by atoms with E-state index in [1.165, 1.54) is 6.07 Å². The molecule has 2 nitrogen and oxygen atoms in total. The van der Waals surface area contributed by atoms with E-state index >= 15 is 0 Å². The molecular formula is C13H16BrFO2. The second kappa shape index (κ2) is 5.04. The fourth-order valence-corrected chi connectivity index (χ4v) is 2.45. The zero-order valence-corrected chi connectivity index (χ0v) is 11.6. The number of benzene rings is 1. The van der Waals surface area contributed by atoms with Crippen LogP contribution < -0.4 is 0 Å². The van der Waals surface area contributed by atoms with Gasteiger partial charge in [-0.1, -0.05) is 29.8 Å². The zero-order chi connectivity index (χ0) is 12.5. The van der Waals surface area contributed by atoms with Crippen LogP contribution in [0.1, 0.15) is 19.4 Å². The molecule has 1 aliphatic rings. The van der Waals surface area contributed by atoms with Crippen LogP contribution in [0.15, 0.2) is 22.7 Å². The number of hydrogen-bond donors (Lipinski definition) is 0. The van der Waals surface area contributed by atoms with Crippen LogP contribution in [-0.4, -0.2) is 19.5 Å². The third-order valence-electron chi connectivity index (χ3n) is 2.91. The molecule has 1 fully saturated rings. The lowest BCUT2D eigenvalue weighted by atomic mass is 9.85. The molecule has 1 aromatic carbocycles. The summed E-state index contributed by atoms with van der Waals surface area (Å²) in [5.74, 6) is -0.216. The summed E-state index contributed by atoms with van der Waals surface area (Å²) in [6.45, 7) is 5.41. The first-order chi connectivity index (χ1) is 7.99. The van der Waals surface area contributed by atoms with E-state index in [2.05, 4.69) is 29.8 Å². The molecule has 0 unspecified atom stereocenters. The molecule has 0 atom stereocenters. The summed E-state index contributed by atoms with van der Waals surface area (Å²) >= 11 is 3.44. The molecule has 0 amide bonds. The molecule has 17 heavy (non-hydrogen) atoms. The average Bonchev–Trinajstić information content (AvgIpc) is 2.77. The lowest BCUT2D eigenvalue weighted by Crippen LogP contribution is -2.32. The third-order valence-corrected chi connectivity index (χ3v) is 3.69. The van der Waals surface area contributed by atoms with Gasteiger partial charge in [-0.3, -0.25) is 0 Å². The van der Waals surface area contributed by atoms with E-state index in [1.54, 1.807) is 12.1 Å². The SMILES string of the molecule is CC(C)(Cc1cc(F)ccc1Br)C1OCCO1. The molecule has 1 heterocycles. The van der Waals surface area contributed by atoms with Crippen molar-refractivity contribution in [2.75, 3.05) is 13.2 Å². The molecule has 1 saturated heterocycles. The van der Waals surface area contributed by atoms with E-state index in [4.69, 9.17) is 9.47 Å². The van der Waals surface area contributed by atoms with Crippen LogP contribution in [0.4, 0.5) is 4.39 Å². The van der Waals surface area contributed by atoms with Crippen molar-refractivity contribution < 1.29 is 13.9 Å². The number of rotatable bonds is 3. The Morgan fingerprint density at radius 3 is 2.65 bits per heavy atom. The maximum Gasteiger partial charge on any atom is 0.163 e. The summed E-state index contributed by atoms with van der Waals surface area (Å²) in [5, 5.41) is 0. The van der Waals surface area contributed by atoms with Gasteiger partial charge in [-0.2, -0.15) is 0 Å². The molecule has 94 valence electrons. The van der Waals surface area contributed by atoms with Crippen molar-refractivity contribution in [3.05, 3.63) is 34.1 Å². The maximum absolute atomic E-state index is 13.2. The largest absolute Gasteiger partial charge is 0.350 e. The fraction of sp³-hybridized carbons (Fsp3) is 0.538. The minimum Gasteiger partial charge on any atom is -0.350 e. The van der Waals surface area contributed by atoms with E-state index in [0.717, 1.165) is 10.0 Å². The molecule has 0 N–H and O–H groups in total. The molecule has 0 spiro atoms. The molecule has 1 aliphatic heterocycles. The van der Waals surface area contributed by atoms with E-state index in [-0.39, 0.29) is 17.5 Å². The Morgan fingerprint density at radius 1 is 1.35 bits per heavy atom. The molecule has 0 radical (unpaired) electrons. The Labute approximate surface area is 109 Å². The number of ether oxygens (including phenoxy) is 2. The first-order valence-corrected chi connectivity index (χ1v) is 6.45. The van der Waals surface area contributed by atoms with E-state index in [0.29, 0.717) is 19.6 Å². The van der Waals surface area contributed by atoms with Crippen molar-refractivity contribution in [2.24, 2.45) is 5.41 Å². The topological polar surface area (TPSA) is 18.5 Å². The van der Waals surface area contributed by atoms with Crippen molar-refractivity contribution in [1.82, 2.24) is 0 Å². The average molecular weight is 303 g/mol.